The molecule has 186 valence electrons. The zero-order chi connectivity index (χ0) is 24.6. The molecule has 1 atom stereocenters. The number of nitrogens with zero attached hydrogens (tertiary/aromatic N) is 4. The van der Waals surface area contributed by atoms with E-state index in [0.717, 1.165) is 42.5 Å². The summed E-state index contributed by atoms with van der Waals surface area (Å²) in [5.41, 5.74) is 2.92. The van der Waals surface area contributed by atoms with Crippen LogP contribution in [-0.2, 0) is 23.0 Å². The predicted molar refractivity (Wildman–Crippen MR) is 122 cm³/mol. The van der Waals surface area contributed by atoms with E-state index in [1.807, 2.05) is 13.0 Å². The van der Waals surface area contributed by atoms with Gasteiger partial charge in [-0.1, -0.05) is 12.1 Å². The minimum atomic E-state index is -3.88. The van der Waals surface area contributed by atoms with Crippen molar-refractivity contribution in [2.45, 2.75) is 56.0 Å². The number of alkyl halides is 2. The average molecular weight is 506 g/mol. The van der Waals surface area contributed by atoms with Crippen LogP contribution < -0.4 is 9.46 Å². The van der Waals surface area contributed by atoms with Gasteiger partial charge in [-0.2, -0.15) is 4.98 Å². The second-order valence-electron chi connectivity index (χ2n) is 8.79. The first-order chi connectivity index (χ1) is 16.8. The quantitative estimate of drug-likeness (QED) is 0.466. The van der Waals surface area contributed by atoms with Gasteiger partial charge in [0.25, 0.3) is 22.4 Å². The van der Waals surface area contributed by atoms with Crippen molar-refractivity contribution in [3.63, 3.8) is 0 Å². The Morgan fingerprint density at radius 3 is 2.77 bits per heavy atom. The van der Waals surface area contributed by atoms with Crippen LogP contribution in [0.25, 0.3) is 0 Å². The number of sulfonamides is 1. The largest absolute Gasteiger partial charge is 0.472 e. The molecule has 0 amide bonds. The van der Waals surface area contributed by atoms with Gasteiger partial charge in [0, 0.05) is 37.3 Å². The van der Waals surface area contributed by atoms with Gasteiger partial charge in [-0.15, -0.1) is 0 Å². The minimum Gasteiger partial charge on any atom is -0.472 e. The third-order valence-electron chi connectivity index (χ3n) is 6.27. The number of ether oxygens (including phenoxy) is 1. The Morgan fingerprint density at radius 2 is 2.06 bits per heavy atom. The standard InChI is InChI=1S/C23H25F2N5O4S/c1-14(17-5-7-21(26-11-17)33-13-20(24)25)30-9-8-15-4-6-19(10-18(15)12-30)35(31,32)29-23-27-22(34-28-23)16-2-3-16/h4-7,10-11,14,16,20H,2-3,8-9,12-13H2,1H3,(H,28,29)/t14-/m1/s1. The van der Waals surface area contributed by atoms with Crippen LogP contribution in [-0.4, -0.2) is 48.0 Å². The molecule has 35 heavy (non-hydrogen) atoms. The van der Waals surface area contributed by atoms with Crippen LogP contribution in [0, 0.1) is 0 Å². The molecular weight excluding hydrogens is 480 g/mol. The summed E-state index contributed by atoms with van der Waals surface area (Å²) in [6.45, 7) is 2.67. The number of hydrogen-bond acceptors (Lipinski definition) is 8. The molecule has 0 bridgehead atoms. The van der Waals surface area contributed by atoms with Gasteiger partial charge in [0.15, 0.2) is 6.61 Å². The van der Waals surface area contributed by atoms with Crippen molar-refractivity contribution >= 4 is 16.0 Å². The summed E-state index contributed by atoms with van der Waals surface area (Å²) in [6, 6.07) is 8.48. The molecular formula is C23H25F2N5O4S. The summed E-state index contributed by atoms with van der Waals surface area (Å²) < 4.78 is 63.0. The normalized spacial score (nSPS) is 17.3. The molecule has 0 radical (unpaired) electrons. The van der Waals surface area contributed by atoms with Crippen LogP contribution >= 0.6 is 0 Å². The number of anilines is 1. The number of halogens is 2. The highest BCUT2D eigenvalue weighted by molar-refractivity contribution is 7.92. The molecule has 1 aliphatic carbocycles. The first-order valence-electron chi connectivity index (χ1n) is 11.4. The van der Waals surface area contributed by atoms with Crippen molar-refractivity contribution < 1.29 is 26.5 Å². The summed E-state index contributed by atoms with van der Waals surface area (Å²) in [6.07, 6.45) is 1.78. The van der Waals surface area contributed by atoms with Gasteiger partial charge >= 0.3 is 0 Å². The number of benzene rings is 1. The first kappa shape index (κ1) is 23.6. The monoisotopic (exact) mass is 505 g/mol. The Morgan fingerprint density at radius 1 is 1.23 bits per heavy atom. The third kappa shape index (κ3) is 5.43. The number of hydrogen-bond donors (Lipinski definition) is 1. The summed E-state index contributed by atoms with van der Waals surface area (Å²) >= 11 is 0. The fourth-order valence-corrected chi connectivity index (χ4v) is 5.07. The number of rotatable bonds is 9. The van der Waals surface area contributed by atoms with Gasteiger partial charge in [-0.3, -0.25) is 4.90 Å². The summed E-state index contributed by atoms with van der Waals surface area (Å²) in [7, 11) is -3.88. The van der Waals surface area contributed by atoms with Gasteiger partial charge in [0.2, 0.25) is 11.8 Å². The smallest absolute Gasteiger partial charge is 0.277 e. The second kappa shape index (κ2) is 9.50. The van der Waals surface area contributed by atoms with Gasteiger partial charge in [0.05, 0.1) is 4.90 Å². The van der Waals surface area contributed by atoms with Crippen LogP contribution in [0.1, 0.15) is 54.3 Å². The molecule has 1 aliphatic heterocycles. The Hall–Kier alpha value is -3.12. The Balaban J connectivity index is 1.27. The highest BCUT2D eigenvalue weighted by Crippen LogP contribution is 2.39. The molecule has 1 aromatic carbocycles. The van der Waals surface area contributed by atoms with Crippen LogP contribution in [0.2, 0.25) is 0 Å². The van der Waals surface area contributed by atoms with Gasteiger partial charge in [-0.05, 0) is 60.2 Å². The molecule has 2 aliphatic rings. The molecule has 0 saturated heterocycles. The Kier molecular flexibility index (Phi) is 6.41. The van der Waals surface area contributed by atoms with Crippen molar-refractivity contribution in [3.05, 3.63) is 59.1 Å². The van der Waals surface area contributed by atoms with E-state index in [9.17, 15) is 17.2 Å². The number of nitrogens with one attached hydrogen (secondary N) is 1. The molecule has 2 aromatic heterocycles. The van der Waals surface area contributed by atoms with E-state index in [1.165, 1.54) is 0 Å². The van der Waals surface area contributed by atoms with Crippen LogP contribution in [0.15, 0.2) is 45.9 Å². The van der Waals surface area contributed by atoms with E-state index in [2.05, 4.69) is 24.7 Å². The molecule has 1 fully saturated rings. The SMILES string of the molecule is C[C@H](c1ccc(OCC(F)F)nc1)N1CCc2ccc(S(=O)(=O)Nc3noc(C4CC4)n3)cc2C1. The van der Waals surface area contributed by atoms with Gasteiger partial charge in [-0.25, -0.2) is 26.9 Å². The summed E-state index contributed by atoms with van der Waals surface area (Å²) in [5, 5.41) is 3.73. The fourth-order valence-electron chi connectivity index (χ4n) is 4.09. The number of aromatic nitrogens is 3. The number of fused-ring (bicyclic) bond motifs is 1. The van der Waals surface area contributed by atoms with E-state index < -0.39 is 23.1 Å². The maximum Gasteiger partial charge on any atom is 0.277 e. The van der Waals surface area contributed by atoms with E-state index >= 15 is 0 Å². The van der Waals surface area contributed by atoms with Gasteiger partial charge in [0.1, 0.15) is 0 Å². The van der Waals surface area contributed by atoms with E-state index in [1.54, 1.807) is 30.5 Å². The maximum absolute atomic E-state index is 12.9. The van der Waals surface area contributed by atoms with E-state index in [-0.39, 0.29) is 28.7 Å². The highest BCUT2D eigenvalue weighted by Gasteiger charge is 2.31. The lowest BCUT2D eigenvalue weighted by Crippen LogP contribution is -2.33. The number of pyridine rings is 1. The van der Waals surface area contributed by atoms with Crippen LogP contribution in [0.5, 0.6) is 5.88 Å². The Bertz CT molecular complexity index is 1300. The second-order valence-corrected chi connectivity index (χ2v) is 10.5. The fraction of sp³-hybridized carbons (Fsp3) is 0.435. The molecule has 12 heteroatoms. The molecule has 1 saturated carbocycles. The van der Waals surface area contributed by atoms with Crippen molar-refractivity contribution in [2.75, 3.05) is 17.9 Å². The van der Waals surface area contributed by atoms with E-state index in [4.69, 9.17) is 9.26 Å². The van der Waals surface area contributed by atoms with Crippen molar-refractivity contribution in [1.82, 2.24) is 20.0 Å². The van der Waals surface area contributed by atoms with Crippen LogP contribution in [0.4, 0.5) is 14.7 Å². The lowest BCUT2D eigenvalue weighted by atomic mass is 9.97. The lowest BCUT2D eigenvalue weighted by molar-refractivity contribution is 0.0795. The molecule has 1 N–H and O–H groups in total. The van der Waals surface area contributed by atoms with Crippen molar-refractivity contribution in [2.24, 2.45) is 0 Å². The average Bonchev–Trinajstić information content (AvgIpc) is 3.60. The van der Waals surface area contributed by atoms with E-state index in [0.29, 0.717) is 12.4 Å². The zero-order valence-electron chi connectivity index (χ0n) is 19.0. The lowest BCUT2D eigenvalue weighted by Gasteiger charge is -2.34. The van der Waals surface area contributed by atoms with Crippen molar-refractivity contribution in [3.8, 4) is 5.88 Å². The molecule has 3 heterocycles. The molecule has 0 spiro atoms. The third-order valence-corrected chi connectivity index (χ3v) is 7.60. The molecule has 3 aromatic rings. The minimum absolute atomic E-state index is 0.0154. The first-order valence-corrected chi connectivity index (χ1v) is 12.9. The molecule has 0 unspecified atom stereocenters. The van der Waals surface area contributed by atoms with Gasteiger partial charge < -0.3 is 9.26 Å². The Labute approximate surface area is 201 Å². The van der Waals surface area contributed by atoms with Crippen molar-refractivity contribution in [1.29, 1.82) is 0 Å². The predicted octanol–water partition coefficient (Wildman–Crippen LogP) is 3.91. The highest BCUT2D eigenvalue weighted by atomic mass is 32.2. The topological polar surface area (TPSA) is 110 Å². The summed E-state index contributed by atoms with van der Waals surface area (Å²) in [4.78, 5) is 10.6. The zero-order valence-corrected chi connectivity index (χ0v) is 19.8. The maximum atomic E-state index is 12.9. The molecule has 9 nitrogen and oxygen atoms in total. The van der Waals surface area contributed by atoms with Crippen LogP contribution in [0.3, 0.4) is 0 Å². The summed E-state index contributed by atoms with van der Waals surface area (Å²) in [5.74, 6) is 0.779. The molecule has 5 rings (SSSR count).